The summed E-state index contributed by atoms with van der Waals surface area (Å²) in [5.41, 5.74) is 5.63. The van der Waals surface area contributed by atoms with Crippen LogP contribution in [0.25, 0.3) is 0 Å². The minimum atomic E-state index is -3.79. The van der Waals surface area contributed by atoms with Crippen LogP contribution in [0.3, 0.4) is 0 Å². The second-order valence-corrected chi connectivity index (χ2v) is 8.54. The molecule has 0 bridgehead atoms. The number of hydrogen-bond acceptors (Lipinski definition) is 6. The molecular weight excluding hydrogens is 375 g/mol. The molecule has 2 rings (SSSR count). The molecule has 0 radical (unpaired) electrons. The summed E-state index contributed by atoms with van der Waals surface area (Å²) in [5.74, 6) is -3.04. The zero-order valence-electron chi connectivity index (χ0n) is 14.6. The lowest BCUT2D eigenvalue weighted by molar-refractivity contribution is -0.129. The van der Waals surface area contributed by atoms with Crippen LogP contribution >= 0.6 is 0 Å². The summed E-state index contributed by atoms with van der Waals surface area (Å²) in [7, 11) is -3.79. The Morgan fingerprint density at radius 3 is 2.63 bits per heavy atom. The highest BCUT2D eigenvalue weighted by molar-refractivity contribution is 7.90. The van der Waals surface area contributed by atoms with E-state index in [1.54, 1.807) is 4.90 Å². The summed E-state index contributed by atoms with van der Waals surface area (Å²) in [6.07, 6.45) is 1.24. The zero-order valence-corrected chi connectivity index (χ0v) is 15.4. The molecule has 2 amide bonds. The Labute approximate surface area is 157 Å². The normalized spacial score (nSPS) is 18.6. The van der Waals surface area contributed by atoms with Crippen molar-refractivity contribution in [1.29, 1.82) is 5.26 Å². The number of rotatable bonds is 8. The van der Waals surface area contributed by atoms with Gasteiger partial charge in [0.2, 0.25) is 11.8 Å². The lowest BCUT2D eigenvalue weighted by Crippen LogP contribution is -2.53. The molecule has 0 aromatic heterocycles. The number of primary amides is 1. The molecular formula is C17H21FN4O4S. The first-order valence-corrected chi connectivity index (χ1v) is 10.2. The molecule has 27 heavy (non-hydrogen) atoms. The Kier molecular flexibility index (Phi) is 6.87. The van der Waals surface area contributed by atoms with E-state index < -0.39 is 51.1 Å². The summed E-state index contributed by atoms with van der Waals surface area (Å²) in [4.78, 5) is 25.7. The maximum atomic E-state index is 12.9. The third-order valence-electron chi connectivity index (χ3n) is 4.32. The summed E-state index contributed by atoms with van der Waals surface area (Å²) in [6.45, 7) is 0.651. The van der Waals surface area contributed by atoms with Crippen molar-refractivity contribution in [1.82, 2.24) is 10.2 Å². The van der Waals surface area contributed by atoms with Crippen molar-refractivity contribution >= 4 is 21.7 Å². The van der Waals surface area contributed by atoms with Gasteiger partial charge in [-0.15, -0.1) is 0 Å². The van der Waals surface area contributed by atoms with Crippen molar-refractivity contribution in [2.45, 2.75) is 30.7 Å². The number of sulfone groups is 1. The van der Waals surface area contributed by atoms with Gasteiger partial charge in [-0.3, -0.25) is 14.5 Å². The highest BCUT2D eigenvalue weighted by atomic mass is 32.2. The maximum absolute atomic E-state index is 12.9. The van der Waals surface area contributed by atoms with E-state index in [-0.39, 0.29) is 6.54 Å². The van der Waals surface area contributed by atoms with Crippen LogP contribution < -0.4 is 11.1 Å². The number of carbonyl (C=O) groups excluding carboxylic acids is 2. The number of hydrogen-bond donors (Lipinski definition) is 2. The third kappa shape index (κ3) is 6.01. The molecule has 10 heteroatoms. The van der Waals surface area contributed by atoms with Crippen molar-refractivity contribution in [3.8, 4) is 6.07 Å². The molecule has 2 unspecified atom stereocenters. The van der Waals surface area contributed by atoms with E-state index in [4.69, 9.17) is 11.0 Å². The van der Waals surface area contributed by atoms with Crippen LogP contribution in [0.1, 0.15) is 18.4 Å². The summed E-state index contributed by atoms with van der Waals surface area (Å²) in [5, 5.41) is 11.2. The predicted molar refractivity (Wildman–Crippen MR) is 95.2 cm³/mol. The first kappa shape index (κ1) is 20.8. The predicted octanol–water partition coefficient (Wildman–Crippen LogP) is -0.301. The second-order valence-electron chi connectivity index (χ2n) is 6.43. The van der Waals surface area contributed by atoms with Crippen LogP contribution in [-0.2, 0) is 25.2 Å². The van der Waals surface area contributed by atoms with Crippen molar-refractivity contribution in [2.24, 2.45) is 5.73 Å². The van der Waals surface area contributed by atoms with Gasteiger partial charge in [0, 0.05) is 6.54 Å². The van der Waals surface area contributed by atoms with E-state index in [1.807, 2.05) is 6.07 Å². The number of nitrogens with two attached hydrogens (primary N) is 1. The summed E-state index contributed by atoms with van der Waals surface area (Å²) >= 11 is 0. The molecule has 8 nitrogen and oxygen atoms in total. The van der Waals surface area contributed by atoms with E-state index in [0.29, 0.717) is 18.5 Å². The zero-order chi connectivity index (χ0) is 20.0. The molecule has 0 aliphatic carbocycles. The SMILES string of the molecule is N#CCN1CCCC1C(=O)NC(CS(=O)(=O)Cc1ccc(F)cc1)C(N)=O. The van der Waals surface area contributed by atoms with Gasteiger partial charge in [-0.05, 0) is 30.5 Å². The highest BCUT2D eigenvalue weighted by Crippen LogP contribution is 2.17. The van der Waals surface area contributed by atoms with Crippen molar-refractivity contribution in [3.63, 3.8) is 0 Å². The van der Waals surface area contributed by atoms with Gasteiger partial charge < -0.3 is 11.1 Å². The van der Waals surface area contributed by atoms with Gasteiger partial charge in [0.05, 0.1) is 30.2 Å². The largest absolute Gasteiger partial charge is 0.368 e. The highest BCUT2D eigenvalue weighted by Gasteiger charge is 2.33. The number of amides is 2. The number of halogens is 1. The molecule has 146 valence electrons. The Morgan fingerprint density at radius 1 is 1.37 bits per heavy atom. The molecule has 0 spiro atoms. The minimum absolute atomic E-state index is 0.0716. The van der Waals surface area contributed by atoms with Crippen LogP contribution in [0.4, 0.5) is 4.39 Å². The van der Waals surface area contributed by atoms with Gasteiger partial charge in [0.25, 0.3) is 0 Å². The smallest absolute Gasteiger partial charge is 0.241 e. The van der Waals surface area contributed by atoms with E-state index in [1.165, 1.54) is 12.1 Å². The van der Waals surface area contributed by atoms with Crippen LogP contribution in [-0.4, -0.2) is 56.1 Å². The number of carbonyl (C=O) groups is 2. The number of nitrogens with zero attached hydrogens (tertiary/aromatic N) is 2. The molecule has 1 aliphatic heterocycles. The molecule has 1 fully saturated rings. The molecule has 3 N–H and O–H groups in total. The van der Waals surface area contributed by atoms with Crippen LogP contribution in [0.15, 0.2) is 24.3 Å². The Hall–Kier alpha value is -2.51. The van der Waals surface area contributed by atoms with Gasteiger partial charge in [-0.1, -0.05) is 12.1 Å². The monoisotopic (exact) mass is 396 g/mol. The average molecular weight is 396 g/mol. The second kappa shape index (κ2) is 8.92. The molecule has 1 heterocycles. The van der Waals surface area contributed by atoms with Gasteiger partial charge in [0.15, 0.2) is 9.84 Å². The lowest BCUT2D eigenvalue weighted by atomic mass is 10.2. The first-order chi connectivity index (χ1) is 12.7. The standard InChI is InChI=1S/C17H21FN4O4S/c18-13-5-3-12(4-6-13)10-27(25,26)11-14(16(20)23)21-17(24)15-2-1-8-22(15)9-7-19/h3-6,14-15H,1-2,8-11H2,(H2,20,23)(H,21,24). The third-order valence-corrected chi connectivity index (χ3v) is 5.93. The molecule has 1 aromatic carbocycles. The molecule has 1 aliphatic rings. The van der Waals surface area contributed by atoms with Gasteiger partial charge in [-0.25, -0.2) is 12.8 Å². The fourth-order valence-corrected chi connectivity index (χ4v) is 4.59. The number of nitrogens with one attached hydrogen (secondary N) is 1. The van der Waals surface area contributed by atoms with E-state index in [9.17, 15) is 22.4 Å². The fraction of sp³-hybridized carbons (Fsp3) is 0.471. The Balaban J connectivity index is 2.04. The number of likely N-dealkylation sites (tertiary alicyclic amines) is 1. The Bertz CT molecular complexity index is 835. The van der Waals surface area contributed by atoms with E-state index in [0.717, 1.165) is 18.6 Å². The van der Waals surface area contributed by atoms with Crippen molar-refractivity contribution < 1.29 is 22.4 Å². The molecule has 1 saturated heterocycles. The first-order valence-electron chi connectivity index (χ1n) is 8.37. The number of nitriles is 1. The van der Waals surface area contributed by atoms with Gasteiger partial charge in [0.1, 0.15) is 11.9 Å². The molecule has 0 saturated carbocycles. The minimum Gasteiger partial charge on any atom is -0.368 e. The maximum Gasteiger partial charge on any atom is 0.241 e. The molecule has 2 atom stereocenters. The lowest BCUT2D eigenvalue weighted by Gasteiger charge is -2.23. The number of benzene rings is 1. The fourth-order valence-electron chi connectivity index (χ4n) is 3.01. The Morgan fingerprint density at radius 2 is 2.04 bits per heavy atom. The van der Waals surface area contributed by atoms with Crippen molar-refractivity contribution in [3.05, 3.63) is 35.6 Å². The van der Waals surface area contributed by atoms with E-state index in [2.05, 4.69) is 5.32 Å². The topological polar surface area (TPSA) is 133 Å². The summed E-state index contributed by atoms with van der Waals surface area (Å²) < 4.78 is 37.7. The molecule has 1 aromatic rings. The average Bonchev–Trinajstić information content (AvgIpc) is 3.04. The van der Waals surface area contributed by atoms with Crippen LogP contribution in [0, 0.1) is 17.1 Å². The van der Waals surface area contributed by atoms with Crippen LogP contribution in [0.2, 0.25) is 0 Å². The quantitative estimate of drug-likeness (QED) is 0.580. The van der Waals surface area contributed by atoms with Crippen LogP contribution in [0.5, 0.6) is 0 Å². The van der Waals surface area contributed by atoms with Gasteiger partial charge >= 0.3 is 0 Å². The van der Waals surface area contributed by atoms with Gasteiger partial charge in [-0.2, -0.15) is 5.26 Å². The van der Waals surface area contributed by atoms with Crippen molar-refractivity contribution in [2.75, 3.05) is 18.8 Å². The van der Waals surface area contributed by atoms with E-state index >= 15 is 0 Å². The summed E-state index contributed by atoms with van der Waals surface area (Å²) in [6, 6.07) is 4.95.